The Morgan fingerprint density at radius 3 is 2.05 bits per heavy atom. The molecule has 218 valence electrons. The topological polar surface area (TPSA) is 86.8 Å². The van der Waals surface area contributed by atoms with E-state index >= 15 is 4.39 Å². The van der Waals surface area contributed by atoms with Gasteiger partial charge in [-0.05, 0) is 54.4 Å². The van der Waals surface area contributed by atoms with Gasteiger partial charge in [0.05, 0.1) is 10.6 Å². The molecule has 1 atom stereocenters. The molecule has 10 heteroatoms. The Morgan fingerprint density at radius 2 is 1.43 bits per heavy atom. The Bertz CT molecular complexity index is 1600. The highest BCUT2D eigenvalue weighted by atomic mass is 35.5. The van der Waals surface area contributed by atoms with Crippen molar-refractivity contribution in [2.75, 3.05) is 17.4 Å². The Labute approximate surface area is 250 Å². The third-order valence-corrected chi connectivity index (χ3v) is 8.65. The van der Waals surface area contributed by atoms with Gasteiger partial charge in [0, 0.05) is 24.5 Å². The summed E-state index contributed by atoms with van der Waals surface area (Å²) in [4.78, 5) is 28.9. The van der Waals surface area contributed by atoms with Gasteiger partial charge in [0.2, 0.25) is 11.8 Å². The van der Waals surface area contributed by atoms with E-state index in [-0.39, 0.29) is 23.5 Å². The summed E-state index contributed by atoms with van der Waals surface area (Å²) in [5.41, 5.74) is 1.21. The quantitative estimate of drug-likeness (QED) is 0.232. The minimum Gasteiger partial charge on any atom is -0.355 e. The molecule has 0 aliphatic carbocycles. The van der Waals surface area contributed by atoms with Crippen molar-refractivity contribution in [3.63, 3.8) is 0 Å². The summed E-state index contributed by atoms with van der Waals surface area (Å²) in [6, 6.07) is 27.9. The van der Waals surface area contributed by atoms with Gasteiger partial charge in [-0.2, -0.15) is 0 Å². The number of likely N-dealkylation sites (N-methyl/N-ethyl adjacent to an activating group) is 1. The highest BCUT2D eigenvalue weighted by Gasteiger charge is 2.35. The standard InChI is InChI=1S/C32H31ClFN3O4S/c1-2-35-32(39)30(21-24-11-5-3-6-12-24)36(22-25-17-19-26(33)20-18-25)31(38)23-37(29-16-10-9-15-28(29)34)42(40,41)27-13-7-4-8-14-27/h3-20,30H,2,21-23H2,1H3,(H,35,39)/t30-/m1/s1. The third kappa shape index (κ3) is 7.54. The van der Waals surface area contributed by atoms with E-state index in [2.05, 4.69) is 5.32 Å². The van der Waals surface area contributed by atoms with Crippen molar-refractivity contribution in [2.45, 2.75) is 30.8 Å². The zero-order valence-corrected chi connectivity index (χ0v) is 24.6. The van der Waals surface area contributed by atoms with E-state index in [1.807, 2.05) is 30.3 Å². The van der Waals surface area contributed by atoms with Crippen LogP contribution in [0.4, 0.5) is 10.1 Å². The maximum Gasteiger partial charge on any atom is 0.264 e. The van der Waals surface area contributed by atoms with Crippen molar-refractivity contribution in [3.8, 4) is 0 Å². The van der Waals surface area contributed by atoms with Gasteiger partial charge >= 0.3 is 0 Å². The van der Waals surface area contributed by atoms with Gasteiger partial charge < -0.3 is 10.2 Å². The molecule has 0 fully saturated rings. The lowest BCUT2D eigenvalue weighted by Crippen LogP contribution is -2.53. The highest BCUT2D eigenvalue weighted by Crippen LogP contribution is 2.27. The average Bonchev–Trinajstić information content (AvgIpc) is 3.00. The Morgan fingerprint density at radius 1 is 0.833 bits per heavy atom. The van der Waals surface area contributed by atoms with Crippen molar-refractivity contribution < 1.29 is 22.4 Å². The van der Waals surface area contributed by atoms with Crippen LogP contribution in [-0.4, -0.2) is 44.3 Å². The summed E-state index contributed by atoms with van der Waals surface area (Å²) in [6.45, 7) is 1.35. The van der Waals surface area contributed by atoms with E-state index in [1.165, 1.54) is 35.2 Å². The van der Waals surface area contributed by atoms with Gasteiger partial charge in [-0.15, -0.1) is 0 Å². The molecule has 4 aromatic carbocycles. The van der Waals surface area contributed by atoms with Gasteiger partial charge in [0.15, 0.2) is 0 Å². The minimum atomic E-state index is -4.37. The minimum absolute atomic E-state index is 0.0128. The van der Waals surface area contributed by atoms with Crippen LogP contribution in [0.2, 0.25) is 5.02 Å². The molecule has 1 N–H and O–H groups in total. The van der Waals surface area contributed by atoms with E-state index in [0.717, 1.165) is 15.9 Å². The van der Waals surface area contributed by atoms with Gasteiger partial charge in [-0.3, -0.25) is 13.9 Å². The number of amides is 2. The van der Waals surface area contributed by atoms with E-state index in [0.29, 0.717) is 17.1 Å². The number of hydrogen-bond donors (Lipinski definition) is 1. The molecular formula is C32H31ClFN3O4S. The first-order valence-corrected chi connectivity index (χ1v) is 15.2. The maximum absolute atomic E-state index is 15.1. The fourth-order valence-corrected chi connectivity index (χ4v) is 6.09. The summed E-state index contributed by atoms with van der Waals surface area (Å²) in [6.07, 6.45) is 0.178. The number of anilines is 1. The first-order chi connectivity index (χ1) is 20.2. The molecule has 4 rings (SSSR count). The fourth-order valence-electron chi connectivity index (χ4n) is 4.52. The smallest absolute Gasteiger partial charge is 0.264 e. The summed E-state index contributed by atoms with van der Waals surface area (Å²) in [5, 5.41) is 3.30. The molecule has 2 amide bonds. The van der Waals surface area contributed by atoms with Crippen molar-refractivity contribution in [3.05, 3.63) is 131 Å². The number of sulfonamides is 1. The van der Waals surface area contributed by atoms with Crippen LogP contribution in [0.25, 0.3) is 0 Å². The molecule has 0 aliphatic heterocycles. The molecule has 0 heterocycles. The molecule has 0 spiro atoms. The van der Waals surface area contributed by atoms with E-state index in [4.69, 9.17) is 11.6 Å². The molecule has 4 aromatic rings. The van der Waals surface area contributed by atoms with Crippen molar-refractivity contribution in [2.24, 2.45) is 0 Å². The van der Waals surface area contributed by atoms with Gasteiger partial charge in [0.1, 0.15) is 18.4 Å². The zero-order chi connectivity index (χ0) is 30.1. The molecule has 7 nitrogen and oxygen atoms in total. The molecular weight excluding hydrogens is 577 g/mol. The maximum atomic E-state index is 15.1. The number of nitrogens with zero attached hydrogens (tertiary/aromatic N) is 2. The molecule has 0 saturated heterocycles. The Hall–Kier alpha value is -4.21. The summed E-state index contributed by atoms with van der Waals surface area (Å²) in [7, 11) is -4.37. The third-order valence-electron chi connectivity index (χ3n) is 6.62. The van der Waals surface area contributed by atoms with Crippen LogP contribution in [-0.2, 0) is 32.6 Å². The number of hydrogen-bond acceptors (Lipinski definition) is 4. The number of carbonyl (C=O) groups is 2. The number of para-hydroxylation sites is 1. The molecule has 0 saturated carbocycles. The first-order valence-electron chi connectivity index (χ1n) is 13.4. The van der Waals surface area contributed by atoms with Crippen molar-refractivity contribution in [1.29, 1.82) is 0 Å². The summed E-state index contributed by atoms with van der Waals surface area (Å²) >= 11 is 6.08. The highest BCUT2D eigenvalue weighted by molar-refractivity contribution is 7.92. The van der Waals surface area contributed by atoms with Crippen LogP contribution >= 0.6 is 11.6 Å². The van der Waals surface area contributed by atoms with Gasteiger partial charge in [-0.1, -0.05) is 84.4 Å². The van der Waals surface area contributed by atoms with Crippen LogP contribution in [0.3, 0.4) is 0 Å². The summed E-state index contributed by atoms with van der Waals surface area (Å²) < 4.78 is 43.5. The number of nitrogens with one attached hydrogen (secondary N) is 1. The Kier molecular flexibility index (Phi) is 10.3. The number of carbonyl (C=O) groups excluding carboxylic acids is 2. The van der Waals surface area contributed by atoms with E-state index in [1.54, 1.807) is 49.4 Å². The lowest BCUT2D eigenvalue weighted by atomic mass is 10.0. The molecule has 42 heavy (non-hydrogen) atoms. The average molecular weight is 608 g/mol. The van der Waals surface area contributed by atoms with E-state index < -0.39 is 40.2 Å². The molecule has 0 aromatic heterocycles. The van der Waals surface area contributed by atoms with Crippen molar-refractivity contribution >= 4 is 39.1 Å². The predicted molar refractivity (Wildman–Crippen MR) is 162 cm³/mol. The second-order valence-corrected chi connectivity index (χ2v) is 11.8. The second-order valence-electron chi connectivity index (χ2n) is 9.52. The number of benzene rings is 4. The van der Waals surface area contributed by atoms with Crippen LogP contribution in [0.1, 0.15) is 18.1 Å². The van der Waals surface area contributed by atoms with Crippen LogP contribution in [0.5, 0.6) is 0 Å². The number of halogens is 2. The lowest BCUT2D eigenvalue weighted by Gasteiger charge is -2.34. The van der Waals surface area contributed by atoms with Gasteiger partial charge in [0.25, 0.3) is 10.0 Å². The first kappa shape index (κ1) is 30.7. The Balaban J connectivity index is 1.79. The van der Waals surface area contributed by atoms with Crippen LogP contribution in [0, 0.1) is 5.82 Å². The fraction of sp³-hybridized carbons (Fsp3) is 0.188. The number of rotatable bonds is 12. The molecule has 0 radical (unpaired) electrons. The SMILES string of the molecule is CCNC(=O)[C@@H](Cc1ccccc1)N(Cc1ccc(Cl)cc1)C(=O)CN(c1ccccc1F)S(=O)(=O)c1ccccc1. The van der Waals surface area contributed by atoms with Crippen molar-refractivity contribution in [1.82, 2.24) is 10.2 Å². The lowest BCUT2D eigenvalue weighted by molar-refractivity contribution is -0.140. The van der Waals surface area contributed by atoms with Crippen LogP contribution in [0.15, 0.2) is 114 Å². The molecule has 0 aliphatic rings. The largest absolute Gasteiger partial charge is 0.355 e. The molecule has 0 unspecified atom stereocenters. The second kappa shape index (κ2) is 14.1. The predicted octanol–water partition coefficient (Wildman–Crippen LogP) is 5.45. The normalized spacial score (nSPS) is 11.9. The van der Waals surface area contributed by atoms with Crippen LogP contribution < -0.4 is 9.62 Å². The molecule has 0 bridgehead atoms. The zero-order valence-electron chi connectivity index (χ0n) is 23.0. The van der Waals surface area contributed by atoms with E-state index in [9.17, 15) is 18.0 Å². The summed E-state index contributed by atoms with van der Waals surface area (Å²) in [5.74, 6) is -1.88. The monoisotopic (exact) mass is 607 g/mol. The van der Waals surface area contributed by atoms with Gasteiger partial charge in [-0.25, -0.2) is 12.8 Å².